The fraction of sp³-hybridized carbons (Fsp3) is 0.562. The quantitative estimate of drug-likeness (QED) is 0.753. The van der Waals surface area contributed by atoms with E-state index in [0.717, 1.165) is 42.6 Å². The van der Waals surface area contributed by atoms with E-state index in [-0.39, 0.29) is 11.6 Å². The molecule has 0 saturated carbocycles. The van der Waals surface area contributed by atoms with Gasteiger partial charge in [0.15, 0.2) is 0 Å². The monoisotopic (exact) mass is 326 g/mol. The van der Waals surface area contributed by atoms with Crippen molar-refractivity contribution in [3.05, 3.63) is 33.6 Å². The molecule has 5 heteroatoms. The van der Waals surface area contributed by atoms with E-state index in [1.165, 1.54) is 11.5 Å². The molecule has 0 radical (unpaired) electrons. The number of fused-ring (bicyclic) bond motifs is 1. The van der Waals surface area contributed by atoms with E-state index in [2.05, 4.69) is 25.7 Å². The second kappa shape index (κ2) is 7.43. The predicted molar refractivity (Wildman–Crippen MR) is 92.8 cm³/mol. The molecule has 1 aromatic heterocycles. The van der Waals surface area contributed by atoms with Crippen LogP contribution in [0.15, 0.2) is 23.0 Å². The van der Waals surface area contributed by atoms with Gasteiger partial charge < -0.3 is 4.90 Å². The molecule has 0 fully saturated rings. The van der Waals surface area contributed by atoms with Crippen LogP contribution < -0.4 is 5.56 Å². The zero-order chi connectivity index (χ0) is 15.4. The van der Waals surface area contributed by atoms with E-state index in [9.17, 15) is 4.79 Å². The summed E-state index contributed by atoms with van der Waals surface area (Å²) in [6.45, 7) is 9.78. The van der Waals surface area contributed by atoms with Crippen LogP contribution in [0.2, 0.25) is 5.02 Å². The first kappa shape index (κ1) is 16.5. The molecule has 2 rings (SSSR count). The van der Waals surface area contributed by atoms with Crippen molar-refractivity contribution in [2.24, 2.45) is 0 Å². The van der Waals surface area contributed by atoms with E-state index in [1.807, 2.05) is 16.1 Å². The van der Waals surface area contributed by atoms with Gasteiger partial charge in [-0.2, -0.15) is 0 Å². The van der Waals surface area contributed by atoms with Gasteiger partial charge in [-0.3, -0.25) is 8.75 Å². The molecule has 0 bridgehead atoms. The Bertz CT molecular complexity index is 645. The molecule has 116 valence electrons. The molecule has 0 spiro atoms. The summed E-state index contributed by atoms with van der Waals surface area (Å²) in [6.07, 6.45) is 2.14. The van der Waals surface area contributed by atoms with Gasteiger partial charge in [0.1, 0.15) is 0 Å². The molecule has 1 atom stereocenters. The summed E-state index contributed by atoms with van der Waals surface area (Å²) in [5.41, 5.74) is 0.113. The Hall–Kier alpha value is -0.840. The van der Waals surface area contributed by atoms with Crippen molar-refractivity contribution >= 4 is 33.2 Å². The lowest BCUT2D eigenvalue weighted by molar-refractivity contribution is 0.289. The first-order chi connectivity index (χ1) is 10.1. The van der Waals surface area contributed by atoms with Gasteiger partial charge >= 0.3 is 0 Å². The fourth-order valence-corrected chi connectivity index (χ4v) is 3.92. The second-order valence-corrected chi connectivity index (χ2v) is 6.83. The van der Waals surface area contributed by atoms with E-state index >= 15 is 0 Å². The summed E-state index contributed by atoms with van der Waals surface area (Å²) in [7, 11) is 0. The molecule has 21 heavy (non-hydrogen) atoms. The minimum atomic E-state index is 0.113. The molecular weight excluding hydrogens is 304 g/mol. The SMILES string of the molecule is CCN(CC)CCCC(C)n1sc2cc(Cl)ccc2c1=O. The summed E-state index contributed by atoms with van der Waals surface area (Å²) in [4.78, 5) is 14.8. The zero-order valence-electron chi connectivity index (χ0n) is 12.9. The number of hydrogen-bond acceptors (Lipinski definition) is 3. The largest absolute Gasteiger partial charge is 0.304 e. The van der Waals surface area contributed by atoms with E-state index in [0.29, 0.717) is 5.02 Å². The number of benzene rings is 1. The Labute approximate surface area is 135 Å². The van der Waals surface area contributed by atoms with Gasteiger partial charge in [0, 0.05) is 11.1 Å². The third kappa shape index (κ3) is 3.87. The van der Waals surface area contributed by atoms with Crippen LogP contribution in [0.4, 0.5) is 0 Å². The highest BCUT2D eigenvalue weighted by Crippen LogP contribution is 2.24. The van der Waals surface area contributed by atoms with Crippen molar-refractivity contribution in [3.63, 3.8) is 0 Å². The highest BCUT2D eigenvalue weighted by molar-refractivity contribution is 7.13. The standard InChI is InChI=1S/C16H23ClN2OS/c1-4-18(5-2)10-6-7-12(3)19-16(20)14-9-8-13(17)11-15(14)21-19/h8-9,11-12H,4-7,10H2,1-3H3. The lowest BCUT2D eigenvalue weighted by Crippen LogP contribution is -2.25. The van der Waals surface area contributed by atoms with Crippen LogP contribution in [0.1, 0.15) is 39.7 Å². The fourth-order valence-electron chi connectivity index (χ4n) is 2.57. The Morgan fingerprint density at radius 1 is 1.33 bits per heavy atom. The predicted octanol–water partition coefficient (Wildman–Crippen LogP) is 4.40. The molecule has 0 amide bonds. The topological polar surface area (TPSA) is 25.2 Å². The zero-order valence-corrected chi connectivity index (χ0v) is 14.5. The van der Waals surface area contributed by atoms with Crippen molar-refractivity contribution in [3.8, 4) is 0 Å². The van der Waals surface area contributed by atoms with Gasteiger partial charge in [-0.15, -0.1) is 0 Å². The smallest absolute Gasteiger partial charge is 0.268 e. The molecule has 2 aromatic rings. The highest BCUT2D eigenvalue weighted by atomic mass is 35.5. The van der Waals surface area contributed by atoms with Gasteiger partial charge in [0.25, 0.3) is 5.56 Å². The van der Waals surface area contributed by atoms with Crippen LogP contribution in [0.3, 0.4) is 0 Å². The van der Waals surface area contributed by atoms with Crippen molar-refractivity contribution < 1.29 is 0 Å². The Morgan fingerprint density at radius 3 is 2.71 bits per heavy atom. The molecule has 1 heterocycles. The molecule has 0 aliphatic carbocycles. The first-order valence-electron chi connectivity index (χ1n) is 7.60. The van der Waals surface area contributed by atoms with Gasteiger partial charge in [-0.1, -0.05) is 37.0 Å². The Morgan fingerprint density at radius 2 is 2.05 bits per heavy atom. The van der Waals surface area contributed by atoms with Crippen LogP contribution in [0, 0.1) is 0 Å². The summed E-state index contributed by atoms with van der Waals surface area (Å²) in [6, 6.07) is 5.73. The van der Waals surface area contributed by atoms with Gasteiger partial charge in [-0.05, 0) is 57.6 Å². The summed E-state index contributed by atoms with van der Waals surface area (Å²) in [5, 5.41) is 1.46. The second-order valence-electron chi connectivity index (χ2n) is 5.38. The Kier molecular flexibility index (Phi) is 5.85. The van der Waals surface area contributed by atoms with Crippen molar-refractivity contribution in [2.75, 3.05) is 19.6 Å². The molecule has 3 nitrogen and oxygen atoms in total. The van der Waals surface area contributed by atoms with Crippen LogP contribution in [0.5, 0.6) is 0 Å². The van der Waals surface area contributed by atoms with Crippen LogP contribution >= 0.6 is 23.1 Å². The highest BCUT2D eigenvalue weighted by Gasteiger charge is 2.13. The molecule has 1 aromatic carbocycles. The molecular formula is C16H23ClN2OS. The summed E-state index contributed by atoms with van der Waals surface area (Å²) < 4.78 is 2.87. The summed E-state index contributed by atoms with van der Waals surface area (Å²) >= 11 is 7.52. The average molecular weight is 327 g/mol. The third-order valence-electron chi connectivity index (χ3n) is 3.96. The Balaban J connectivity index is 2.07. The van der Waals surface area contributed by atoms with Crippen molar-refractivity contribution in [1.82, 2.24) is 8.86 Å². The molecule has 0 saturated heterocycles. The van der Waals surface area contributed by atoms with E-state index < -0.39 is 0 Å². The van der Waals surface area contributed by atoms with Gasteiger partial charge in [0.05, 0.1) is 10.1 Å². The van der Waals surface area contributed by atoms with Crippen molar-refractivity contribution in [2.45, 2.75) is 39.7 Å². The molecule has 0 aliphatic rings. The molecule has 1 unspecified atom stereocenters. The van der Waals surface area contributed by atoms with Gasteiger partial charge in [0.2, 0.25) is 0 Å². The maximum atomic E-state index is 12.4. The number of aromatic nitrogens is 1. The minimum Gasteiger partial charge on any atom is -0.304 e. The molecule has 0 aliphatic heterocycles. The molecule has 0 N–H and O–H groups in total. The third-order valence-corrected chi connectivity index (χ3v) is 5.45. The number of halogens is 1. The van der Waals surface area contributed by atoms with Crippen LogP contribution in [0.25, 0.3) is 10.1 Å². The minimum absolute atomic E-state index is 0.113. The normalized spacial score (nSPS) is 13.2. The van der Waals surface area contributed by atoms with Crippen LogP contribution in [-0.2, 0) is 0 Å². The van der Waals surface area contributed by atoms with E-state index in [1.54, 1.807) is 6.07 Å². The first-order valence-corrected chi connectivity index (χ1v) is 8.75. The average Bonchev–Trinajstić information content (AvgIpc) is 2.80. The van der Waals surface area contributed by atoms with E-state index in [4.69, 9.17) is 11.6 Å². The summed E-state index contributed by atoms with van der Waals surface area (Å²) in [5.74, 6) is 0. The number of hydrogen-bond donors (Lipinski definition) is 0. The lowest BCUT2D eigenvalue weighted by Gasteiger charge is -2.19. The maximum Gasteiger partial charge on any atom is 0.268 e. The maximum absolute atomic E-state index is 12.4. The lowest BCUT2D eigenvalue weighted by atomic mass is 10.2. The van der Waals surface area contributed by atoms with Gasteiger partial charge in [-0.25, -0.2) is 0 Å². The van der Waals surface area contributed by atoms with Crippen molar-refractivity contribution in [1.29, 1.82) is 0 Å². The number of rotatable bonds is 7. The van der Waals surface area contributed by atoms with Crippen LogP contribution in [-0.4, -0.2) is 28.5 Å². The number of nitrogens with zero attached hydrogens (tertiary/aromatic N) is 2.